The van der Waals surface area contributed by atoms with Crippen molar-refractivity contribution in [2.75, 3.05) is 11.1 Å². The molecule has 1 aromatic heterocycles. The predicted molar refractivity (Wildman–Crippen MR) is 67.4 cm³/mol. The smallest absolute Gasteiger partial charge is 0.147 e. The Morgan fingerprint density at radius 3 is 2.75 bits per heavy atom. The van der Waals surface area contributed by atoms with E-state index in [-0.39, 0.29) is 0 Å². The molecule has 0 amide bonds. The average molecular weight is 222 g/mol. The molecule has 1 fully saturated rings. The fourth-order valence-electron chi connectivity index (χ4n) is 2.56. The number of nitrogen functional groups attached to an aromatic ring is 1. The number of nitrogens with two attached hydrogens (primary N) is 1. The molecule has 0 aliphatic heterocycles. The maximum atomic E-state index is 6.08. The van der Waals surface area contributed by atoms with Crippen molar-refractivity contribution in [2.24, 2.45) is 13.0 Å². The molecule has 1 aliphatic rings. The van der Waals surface area contributed by atoms with Gasteiger partial charge in [-0.1, -0.05) is 13.8 Å². The Bertz CT molecular complexity index is 369. The van der Waals surface area contributed by atoms with E-state index in [2.05, 4.69) is 24.3 Å². The van der Waals surface area contributed by atoms with Gasteiger partial charge in [0.2, 0.25) is 0 Å². The lowest BCUT2D eigenvalue weighted by molar-refractivity contribution is 0.600. The van der Waals surface area contributed by atoms with Gasteiger partial charge in [-0.25, -0.2) is 0 Å². The summed E-state index contributed by atoms with van der Waals surface area (Å²) in [5.74, 6) is 1.83. The number of hydrogen-bond acceptors (Lipinski definition) is 3. The van der Waals surface area contributed by atoms with Crippen molar-refractivity contribution in [1.29, 1.82) is 0 Å². The lowest BCUT2D eigenvalue weighted by Crippen LogP contribution is -2.18. The van der Waals surface area contributed by atoms with Gasteiger partial charge in [0.1, 0.15) is 5.82 Å². The molecule has 3 N–H and O–H groups in total. The van der Waals surface area contributed by atoms with E-state index in [1.54, 1.807) is 0 Å². The molecule has 0 radical (unpaired) electrons. The van der Waals surface area contributed by atoms with Gasteiger partial charge >= 0.3 is 0 Å². The largest absolute Gasteiger partial charge is 0.394 e. The van der Waals surface area contributed by atoms with E-state index < -0.39 is 0 Å². The standard InChI is InChI=1S/C12H22N4/c1-4-10-11(13)12(16(3)15-10)14-9-6-5-8(2)7-9/h8-9,14H,4-7,13H2,1-3H3. The highest BCUT2D eigenvalue weighted by molar-refractivity contribution is 5.65. The Labute approximate surface area is 97.2 Å². The molecule has 0 saturated heterocycles. The SMILES string of the molecule is CCc1nn(C)c(NC2CCC(C)C2)c1N. The lowest BCUT2D eigenvalue weighted by Gasteiger charge is -2.14. The van der Waals surface area contributed by atoms with Crippen LogP contribution in [0.1, 0.15) is 38.8 Å². The van der Waals surface area contributed by atoms with E-state index in [0.717, 1.165) is 29.5 Å². The zero-order valence-electron chi connectivity index (χ0n) is 10.5. The third-order valence-corrected chi connectivity index (χ3v) is 3.53. The highest BCUT2D eigenvalue weighted by Crippen LogP contribution is 2.30. The van der Waals surface area contributed by atoms with Gasteiger partial charge in [0.05, 0.1) is 11.4 Å². The monoisotopic (exact) mass is 222 g/mol. The topological polar surface area (TPSA) is 55.9 Å². The quantitative estimate of drug-likeness (QED) is 0.824. The molecule has 0 aromatic carbocycles. The van der Waals surface area contributed by atoms with Crippen LogP contribution in [0.15, 0.2) is 0 Å². The Hall–Kier alpha value is -1.19. The van der Waals surface area contributed by atoms with Crippen molar-refractivity contribution in [3.8, 4) is 0 Å². The lowest BCUT2D eigenvalue weighted by atomic mass is 10.1. The number of rotatable bonds is 3. The molecule has 1 saturated carbocycles. The molecule has 4 heteroatoms. The molecule has 0 bridgehead atoms. The van der Waals surface area contributed by atoms with Gasteiger partial charge in [-0.3, -0.25) is 4.68 Å². The minimum atomic E-state index is 0.567. The maximum Gasteiger partial charge on any atom is 0.147 e. The van der Waals surface area contributed by atoms with Crippen LogP contribution >= 0.6 is 0 Å². The third-order valence-electron chi connectivity index (χ3n) is 3.53. The van der Waals surface area contributed by atoms with E-state index in [4.69, 9.17) is 5.73 Å². The first kappa shape index (κ1) is 11.3. The zero-order chi connectivity index (χ0) is 11.7. The summed E-state index contributed by atoms with van der Waals surface area (Å²) in [6.45, 7) is 4.39. The number of anilines is 2. The Balaban J connectivity index is 2.12. The van der Waals surface area contributed by atoms with Gasteiger partial charge in [0, 0.05) is 13.1 Å². The molecular formula is C12H22N4. The number of nitrogens with one attached hydrogen (secondary N) is 1. The normalized spacial score (nSPS) is 24.9. The molecule has 0 spiro atoms. The van der Waals surface area contributed by atoms with Gasteiger partial charge in [0.25, 0.3) is 0 Å². The summed E-state index contributed by atoms with van der Waals surface area (Å²) < 4.78 is 1.87. The zero-order valence-corrected chi connectivity index (χ0v) is 10.5. The molecule has 2 rings (SSSR count). The highest BCUT2D eigenvalue weighted by Gasteiger charge is 2.23. The summed E-state index contributed by atoms with van der Waals surface area (Å²) in [7, 11) is 1.95. The second-order valence-corrected chi connectivity index (χ2v) is 4.95. The van der Waals surface area contributed by atoms with Gasteiger partial charge < -0.3 is 11.1 Å². The van der Waals surface area contributed by atoms with Crippen molar-refractivity contribution in [2.45, 2.75) is 45.6 Å². The minimum Gasteiger partial charge on any atom is -0.394 e. The molecule has 4 nitrogen and oxygen atoms in total. The van der Waals surface area contributed by atoms with Crippen molar-refractivity contribution in [3.05, 3.63) is 5.69 Å². The second kappa shape index (κ2) is 4.36. The number of hydrogen-bond donors (Lipinski definition) is 2. The van der Waals surface area contributed by atoms with Gasteiger partial charge in [-0.05, 0) is 31.6 Å². The molecule has 1 aromatic rings. The average Bonchev–Trinajstić information content (AvgIpc) is 2.77. The summed E-state index contributed by atoms with van der Waals surface area (Å²) >= 11 is 0. The van der Waals surface area contributed by atoms with Gasteiger partial charge in [-0.15, -0.1) is 0 Å². The third kappa shape index (κ3) is 2.01. The molecule has 90 valence electrons. The van der Waals surface area contributed by atoms with E-state index >= 15 is 0 Å². The summed E-state index contributed by atoms with van der Waals surface area (Å²) in [5.41, 5.74) is 7.90. The van der Waals surface area contributed by atoms with Crippen LogP contribution in [0.4, 0.5) is 11.5 Å². The summed E-state index contributed by atoms with van der Waals surface area (Å²) in [6, 6.07) is 0.567. The predicted octanol–water partition coefficient (Wildman–Crippen LogP) is 2.17. The van der Waals surface area contributed by atoms with Crippen LogP contribution in [0.2, 0.25) is 0 Å². The molecule has 1 heterocycles. The van der Waals surface area contributed by atoms with Crippen LogP contribution < -0.4 is 11.1 Å². The van der Waals surface area contributed by atoms with Crippen molar-refractivity contribution in [1.82, 2.24) is 9.78 Å². The molecule has 1 aliphatic carbocycles. The summed E-state index contributed by atoms with van der Waals surface area (Å²) in [6.07, 6.45) is 4.69. The summed E-state index contributed by atoms with van der Waals surface area (Å²) in [5, 5.41) is 7.96. The Morgan fingerprint density at radius 1 is 1.50 bits per heavy atom. The van der Waals surface area contributed by atoms with Crippen LogP contribution in [0.5, 0.6) is 0 Å². The van der Waals surface area contributed by atoms with Crippen LogP contribution in [-0.2, 0) is 13.5 Å². The summed E-state index contributed by atoms with van der Waals surface area (Å²) in [4.78, 5) is 0. The number of nitrogens with zero attached hydrogens (tertiary/aromatic N) is 2. The molecule has 2 atom stereocenters. The first-order valence-corrected chi connectivity index (χ1v) is 6.19. The second-order valence-electron chi connectivity index (χ2n) is 4.95. The van der Waals surface area contributed by atoms with Crippen molar-refractivity contribution >= 4 is 11.5 Å². The molecule has 2 unspecified atom stereocenters. The first-order valence-electron chi connectivity index (χ1n) is 6.19. The minimum absolute atomic E-state index is 0.567. The Kier molecular flexibility index (Phi) is 3.08. The van der Waals surface area contributed by atoms with Gasteiger partial charge in [0.15, 0.2) is 0 Å². The van der Waals surface area contributed by atoms with Crippen molar-refractivity contribution < 1.29 is 0 Å². The van der Waals surface area contributed by atoms with Crippen LogP contribution in [0.25, 0.3) is 0 Å². The maximum absolute atomic E-state index is 6.08. The van der Waals surface area contributed by atoms with Gasteiger partial charge in [-0.2, -0.15) is 5.10 Å². The van der Waals surface area contributed by atoms with Crippen LogP contribution in [-0.4, -0.2) is 15.8 Å². The number of aryl methyl sites for hydroxylation is 2. The van der Waals surface area contributed by atoms with Crippen LogP contribution in [0.3, 0.4) is 0 Å². The molecular weight excluding hydrogens is 200 g/mol. The Morgan fingerprint density at radius 2 is 2.25 bits per heavy atom. The number of aromatic nitrogens is 2. The fraction of sp³-hybridized carbons (Fsp3) is 0.750. The van der Waals surface area contributed by atoms with Crippen LogP contribution in [0, 0.1) is 5.92 Å². The first-order chi connectivity index (χ1) is 7.61. The van der Waals surface area contributed by atoms with E-state index in [1.807, 2.05) is 11.7 Å². The molecule has 16 heavy (non-hydrogen) atoms. The van der Waals surface area contributed by atoms with E-state index in [0.29, 0.717) is 6.04 Å². The van der Waals surface area contributed by atoms with E-state index in [1.165, 1.54) is 19.3 Å². The van der Waals surface area contributed by atoms with Crippen molar-refractivity contribution in [3.63, 3.8) is 0 Å². The highest BCUT2D eigenvalue weighted by atomic mass is 15.3. The van der Waals surface area contributed by atoms with E-state index in [9.17, 15) is 0 Å². The fourth-order valence-corrected chi connectivity index (χ4v) is 2.56.